The number of nitrogens with zero attached hydrogens (tertiary/aromatic N) is 1. The number of hydrogen-bond acceptors (Lipinski definition) is 1. The minimum atomic E-state index is 0.100. The Balaban J connectivity index is 1.61. The van der Waals surface area contributed by atoms with Gasteiger partial charge in [0.1, 0.15) is 5.69 Å². The van der Waals surface area contributed by atoms with Gasteiger partial charge < -0.3 is 9.88 Å². The van der Waals surface area contributed by atoms with E-state index < -0.39 is 0 Å². The molecule has 1 aromatic rings. The average molecular weight is 311 g/mol. The highest BCUT2D eigenvalue weighted by molar-refractivity contribution is 9.10. The topological polar surface area (TPSA) is 36.1 Å². The zero-order valence-corrected chi connectivity index (χ0v) is 12.2. The van der Waals surface area contributed by atoms with Crippen LogP contribution in [0.25, 0.3) is 0 Å². The van der Waals surface area contributed by atoms with Gasteiger partial charge in [0.25, 0.3) is 5.91 Å². The summed E-state index contributed by atoms with van der Waals surface area (Å²) in [6.07, 6.45) is 7.34. The maximum Gasteiger partial charge on any atom is 0.270 e. The Bertz CT molecular complexity index is 456. The molecule has 2 aliphatic rings. The standard InChI is InChI=1S/C14H19BrN2O/c1-17(14(18)13-6-12(15)7-16-13)8-11-5-9-2-3-10(11)4-9/h6-7,9-11,16H,2-5,8H2,1H3. The van der Waals surface area contributed by atoms with Crippen LogP contribution in [0.1, 0.15) is 36.2 Å². The monoisotopic (exact) mass is 310 g/mol. The molecule has 1 amide bonds. The number of carbonyl (C=O) groups is 1. The van der Waals surface area contributed by atoms with Gasteiger partial charge in [-0.05, 0) is 59.0 Å². The van der Waals surface area contributed by atoms with Crippen molar-refractivity contribution in [2.24, 2.45) is 17.8 Å². The van der Waals surface area contributed by atoms with Crippen molar-refractivity contribution in [3.05, 3.63) is 22.4 Å². The quantitative estimate of drug-likeness (QED) is 0.913. The van der Waals surface area contributed by atoms with Crippen LogP contribution in [-0.2, 0) is 0 Å². The molecule has 1 heterocycles. The zero-order valence-electron chi connectivity index (χ0n) is 10.7. The van der Waals surface area contributed by atoms with Crippen LogP contribution < -0.4 is 0 Å². The average Bonchev–Trinajstić information content (AvgIpc) is 3.03. The summed E-state index contributed by atoms with van der Waals surface area (Å²) in [4.78, 5) is 17.1. The van der Waals surface area contributed by atoms with Gasteiger partial charge in [-0.2, -0.15) is 0 Å². The summed E-state index contributed by atoms with van der Waals surface area (Å²) in [5, 5.41) is 0. The first-order chi connectivity index (χ1) is 8.63. The Labute approximate surface area is 116 Å². The Morgan fingerprint density at radius 1 is 1.50 bits per heavy atom. The van der Waals surface area contributed by atoms with Gasteiger partial charge in [0, 0.05) is 24.3 Å². The molecule has 2 bridgehead atoms. The lowest BCUT2D eigenvalue weighted by Gasteiger charge is -2.27. The number of rotatable bonds is 3. The van der Waals surface area contributed by atoms with Crippen LogP contribution in [0.2, 0.25) is 0 Å². The van der Waals surface area contributed by atoms with Gasteiger partial charge >= 0.3 is 0 Å². The molecule has 2 fully saturated rings. The summed E-state index contributed by atoms with van der Waals surface area (Å²) in [6.45, 7) is 0.913. The Kier molecular flexibility index (Phi) is 3.22. The highest BCUT2D eigenvalue weighted by Gasteiger charge is 2.40. The van der Waals surface area contributed by atoms with Crippen molar-refractivity contribution in [3.8, 4) is 0 Å². The van der Waals surface area contributed by atoms with E-state index in [4.69, 9.17) is 0 Å². The van der Waals surface area contributed by atoms with Crippen LogP contribution in [0, 0.1) is 17.8 Å². The first-order valence-corrected chi connectivity index (χ1v) is 7.52. The molecule has 3 atom stereocenters. The van der Waals surface area contributed by atoms with Crippen LogP contribution in [-0.4, -0.2) is 29.4 Å². The van der Waals surface area contributed by atoms with Crippen molar-refractivity contribution in [3.63, 3.8) is 0 Å². The molecule has 18 heavy (non-hydrogen) atoms. The third-order valence-electron chi connectivity index (χ3n) is 4.62. The Morgan fingerprint density at radius 2 is 2.33 bits per heavy atom. The second kappa shape index (κ2) is 4.72. The van der Waals surface area contributed by atoms with Gasteiger partial charge in [0.2, 0.25) is 0 Å². The summed E-state index contributed by atoms with van der Waals surface area (Å²) in [5.41, 5.74) is 0.674. The third-order valence-corrected chi connectivity index (χ3v) is 5.08. The molecule has 1 N–H and O–H groups in total. The molecule has 3 nitrogen and oxygen atoms in total. The van der Waals surface area contributed by atoms with Crippen molar-refractivity contribution >= 4 is 21.8 Å². The summed E-state index contributed by atoms with van der Waals surface area (Å²) in [7, 11) is 1.92. The van der Waals surface area contributed by atoms with Gasteiger partial charge in [0.15, 0.2) is 0 Å². The fourth-order valence-electron chi connectivity index (χ4n) is 3.73. The van der Waals surface area contributed by atoms with Crippen LogP contribution in [0.3, 0.4) is 0 Å². The highest BCUT2D eigenvalue weighted by atomic mass is 79.9. The van der Waals surface area contributed by atoms with Crippen LogP contribution in [0.15, 0.2) is 16.7 Å². The van der Waals surface area contributed by atoms with Crippen molar-refractivity contribution in [2.75, 3.05) is 13.6 Å². The van der Waals surface area contributed by atoms with E-state index in [9.17, 15) is 4.79 Å². The van der Waals surface area contributed by atoms with E-state index >= 15 is 0 Å². The lowest BCUT2D eigenvalue weighted by atomic mass is 9.88. The van der Waals surface area contributed by atoms with Gasteiger partial charge in [-0.15, -0.1) is 0 Å². The molecule has 98 valence electrons. The van der Waals surface area contributed by atoms with Crippen LogP contribution in [0.4, 0.5) is 0 Å². The number of aromatic amines is 1. The highest BCUT2D eigenvalue weighted by Crippen LogP contribution is 2.48. The maximum absolute atomic E-state index is 12.2. The van der Waals surface area contributed by atoms with Crippen molar-refractivity contribution < 1.29 is 4.79 Å². The summed E-state index contributed by atoms with van der Waals surface area (Å²) in [6, 6.07) is 1.85. The smallest absolute Gasteiger partial charge is 0.270 e. The Hall–Kier alpha value is -0.770. The second-order valence-corrected chi connectivity index (χ2v) is 6.77. The lowest BCUT2D eigenvalue weighted by Crippen LogP contribution is -2.33. The molecule has 0 aliphatic heterocycles. The minimum Gasteiger partial charge on any atom is -0.356 e. The van der Waals surface area contributed by atoms with Crippen LogP contribution in [0.5, 0.6) is 0 Å². The minimum absolute atomic E-state index is 0.100. The van der Waals surface area contributed by atoms with E-state index in [0.717, 1.165) is 28.8 Å². The van der Waals surface area contributed by atoms with Gasteiger partial charge in [0.05, 0.1) is 0 Å². The molecule has 0 radical (unpaired) electrons. The number of H-pyrrole nitrogens is 1. The number of fused-ring (bicyclic) bond motifs is 2. The number of aromatic nitrogens is 1. The van der Waals surface area contributed by atoms with E-state index in [2.05, 4.69) is 20.9 Å². The van der Waals surface area contributed by atoms with Crippen LogP contribution >= 0.6 is 15.9 Å². The van der Waals surface area contributed by atoms with E-state index in [1.807, 2.05) is 18.0 Å². The zero-order chi connectivity index (χ0) is 12.7. The lowest BCUT2D eigenvalue weighted by molar-refractivity contribution is 0.0749. The van der Waals surface area contributed by atoms with Crippen molar-refractivity contribution in [1.29, 1.82) is 0 Å². The Morgan fingerprint density at radius 3 is 2.89 bits per heavy atom. The molecular weight excluding hydrogens is 292 g/mol. The number of hydrogen-bond donors (Lipinski definition) is 1. The number of halogens is 1. The molecule has 3 rings (SSSR count). The fraction of sp³-hybridized carbons (Fsp3) is 0.643. The van der Waals surface area contributed by atoms with E-state index in [-0.39, 0.29) is 5.91 Å². The number of amides is 1. The maximum atomic E-state index is 12.2. The van der Waals surface area contributed by atoms with Gasteiger partial charge in [-0.25, -0.2) is 0 Å². The first kappa shape index (κ1) is 12.3. The SMILES string of the molecule is CN(CC1CC2CCC1C2)C(=O)c1cc(Br)c[nH]1. The molecule has 3 unspecified atom stereocenters. The predicted octanol–water partition coefficient (Wildman–Crippen LogP) is 3.29. The molecule has 0 spiro atoms. The summed E-state index contributed by atoms with van der Waals surface area (Å²) < 4.78 is 0.930. The van der Waals surface area contributed by atoms with Gasteiger partial charge in [-0.3, -0.25) is 4.79 Å². The van der Waals surface area contributed by atoms with E-state index in [1.54, 1.807) is 6.20 Å². The molecule has 4 heteroatoms. The van der Waals surface area contributed by atoms with E-state index in [1.165, 1.54) is 25.7 Å². The number of nitrogens with one attached hydrogen (secondary N) is 1. The van der Waals surface area contributed by atoms with Gasteiger partial charge in [-0.1, -0.05) is 6.42 Å². The second-order valence-electron chi connectivity index (χ2n) is 5.85. The molecular formula is C14H19BrN2O. The van der Waals surface area contributed by atoms with Crippen molar-refractivity contribution in [2.45, 2.75) is 25.7 Å². The predicted molar refractivity (Wildman–Crippen MR) is 74.4 cm³/mol. The summed E-state index contributed by atoms with van der Waals surface area (Å²) in [5.74, 6) is 2.66. The molecule has 0 aromatic carbocycles. The molecule has 2 saturated carbocycles. The number of carbonyl (C=O) groups excluding carboxylic acids is 1. The fourth-order valence-corrected chi connectivity index (χ4v) is 4.08. The third kappa shape index (κ3) is 2.22. The van der Waals surface area contributed by atoms with E-state index in [0.29, 0.717) is 5.69 Å². The molecule has 2 aliphatic carbocycles. The molecule has 0 saturated heterocycles. The summed E-state index contributed by atoms with van der Waals surface area (Å²) >= 11 is 3.36. The van der Waals surface area contributed by atoms with Crippen molar-refractivity contribution in [1.82, 2.24) is 9.88 Å². The molecule has 1 aromatic heterocycles. The largest absolute Gasteiger partial charge is 0.356 e. The first-order valence-electron chi connectivity index (χ1n) is 6.73. The normalized spacial score (nSPS) is 29.8.